The van der Waals surface area contributed by atoms with E-state index in [4.69, 9.17) is 5.11 Å². The molecule has 0 rings (SSSR count). The minimum atomic E-state index is -0.719. The molecule has 2 N–H and O–H groups in total. The Labute approximate surface area is 98.3 Å². The predicted octanol–water partition coefficient (Wildman–Crippen LogP) is 1.72. The quantitative estimate of drug-likeness (QED) is 0.593. The number of hydrogen-bond donors (Lipinski definition) is 2. The lowest BCUT2D eigenvalue weighted by molar-refractivity contribution is -0.137. The fourth-order valence-corrected chi connectivity index (χ4v) is 1.68. The van der Waals surface area contributed by atoms with Crippen LogP contribution in [0.25, 0.3) is 0 Å². The molecule has 0 saturated carbocycles. The van der Waals surface area contributed by atoms with Gasteiger partial charge in [-0.05, 0) is 39.8 Å². The van der Waals surface area contributed by atoms with E-state index in [9.17, 15) is 9.90 Å². The summed E-state index contributed by atoms with van der Waals surface area (Å²) in [6, 6.07) is 0. The number of carbonyl (C=O) groups is 1. The van der Waals surface area contributed by atoms with Crippen LogP contribution >= 0.6 is 0 Å². The van der Waals surface area contributed by atoms with E-state index in [-0.39, 0.29) is 6.42 Å². The first-order chi connectivity index (χ1) is 7.35. The Balaban J connectivity index is 3.60. The van der Waals surface area contributed by atoms with Crippen LogP contribution in [-0.4, -0.2) is 46.3 Å². The Morgan fingerprint density at radius 1 is 1.25 bits per heavy atom. The fourth-order valence-electron chi connectivity index (χ4n) is 1.68. The highest BCUT2D eigenvalue weighted by molar-refractivity contribution is 5.66. The zero-order chi connectivity index (χ0) is 12.6. The van der Waals surface area contributed by atoms with Crippen LogP contribution in [0.1, 0.15) is 46.5 Å². The van der Waals surface area contributed by atoms with Gasteiger partial charge < -0.3 is 15.1 Å². The molecule has 0 amide bonds. The fraction of sp³-hybridized carbons (Fsp3) is 0.917. The third-order valence-electron chi connectivity index (χ3n) is 2.42. The SMILES string of the molecule is CCN(CCCCCC(=O)O)CC(C)(C)O. The molecular formula is C12H25NO3. The van der Waals surface area contributed by atoms with E-state index in [1.807, 2.05) is 0 Å². The minimum Gasteiger partial charge on any atom is -0.481 e. The topological polar surface area (TPSA) is 60.8 Å². The lowest BCUT2D eigenvalue weighted by Crippen LogP contribution is -2.39. The van der Waals surface area contributed by atoms with E-state index < -0.39 is 11.6 Å². The number of carboxylic acids is 1. The molecular weight excluding hydrogens is 206 g/mol. The molecule has 0 aliphatic carbocycles. The first-order valence-corrected chi connectivity index (χ1v) is 6.01. The second-order valence-corrected chi connectivity index (χ2v) is 4.89. The molecule has 4 nitrogen and oxygen atoms in total. The molecule has 0 atom stereocenters. The van der Waals surface area contributed by atoms with Gasteiger partial charge in [-0.3, -0.25) is 4.79 Å². The Hall–Kier alpha value is -0.610. The maximum atomic E-state index is 10.3. The third kappa shape index (κ3) is 9.93. The molecule has 0 saturated heterocycles. The van der Waals surface area contributed by atoms with Crippen molar-refractivity contribution in [2.45, 2.75) is 52.1 Å². The van der Waals surface area contributed by atoms with Crippen LogP contribution in [0.5, 0.6) is 0 Å². The van der Waals surface area contributed by atoms with Gasteiger partial charge in [0, 0.05) is 13.0 Å². The smallest absolute Gasteiger partial charge is 0.303 e. The number of aliphatic carboxylic acids is 1. The molecule has 96 valence electrons. The van der Waals surface area contributed by atoms with Gasteiger partial charge in [-0.25, -0.2) is 0 Å². The normalized spacial score (nSPS) is 12.1. The van der Waals surface area contributed by atoms with Crippen LogP contribution < -0.4 is 0 Å². The molecule has 0 aromatic rings. The van der Waals surface area contributed by atoms with Crippen LogP contribution in [-0.2, 0) is 4.79 Å². The molecule has 0 bridgehead atoms. The summed E-state index contributed by atoms with van der Waals surface area (Å²) < 4.78 is 0. The van der Waals surface area contributed by atoms with Crippen molar-refractivity contribution < 1.29 is 15.0 Å². The summed E-state index contributed by atoms with van der Waals surface area (Å²) in [5, 5.41) is 18.2. The van der Waals surface area contributed by atoms with Crippen molar-refractivity contribution in [1.29, 1.82) is 0 Å². The maximum Gasteiger partial charge on any atom is 0.303 e. The maximum absolute atomic E-state index is 10.3. The molecule has 0 aliphatic heterocycles. The monoisotopic (exact) mass is 231 g/mol. The average Bonchev–Trinajstić information content (AvgIpc) is 2.13. The average molecular weight is 231 g/mol. The van der Waals surface area contributed by atoms with Crippen molar-refractivity contribution in [1.82, 2.24) is 4.90 Å². The van der Waals surface area contributed by atoms with E-state index >= 15 is 0 Å². The van der Waals surface area contributed by atoms with Crippen molar-refractivity contribution >= 4 is 5.97 Å². The van der Waals surface area contributed by atoms with E-state index in [0.717, 1.165) is 32.4 Å². The van der Waals surface area contributed by atoms with Gasteiger partial charge in [0.05, 0.1) is 5.60 Å². The molecule has 0 unspecified atom stereocenters. The highest BCUT2D eigenvalue weighted by Crippen LogP contribution is 2.07. The van der Waals surface area contributed by atoms with Gasteiger partial charge in [0.15, 0.2) is 0 Å². The second-order valence-electron chi connectivity index (χ2n) is 4.89. The van der Waals surface area contributed by atoms with Crippen molar-refractivity contribution in [2.75, 3.05) is 19.6 Å². The van der Waals surface area contributed by atoms with E-state index in [1.54, 1.807) is 13.8 Å². The van der Waals surface area contributed by atoms with Gasteiger partial charge >= 0.3 is 5.97 Å². The van der Waals surface area contributed by atoms with Crippen LogP contribution in [0.4, 0.5) is 0 Å². The van der Waals surface area contributed by atoms with Crippen molar-refractivity contribution in [2.24, 2.45) is 0 Å². The molecule has 0 aromatic carbocycles. The van der Waals surface area contributed by atoms with Gasteiger partial charge in [0.2, 0.25) is 0 Å². The lowest BCUT2D eigenvalue weighted by atomic mass is 10.1. The van der Waals surface area contributed by atoms with Gasteiger partial charge in [0.25, 0.3) is 0 Å². The first kappa shape index (κ1) is 15.4. The number of hydrogen-bond acceptors (Lipinski definition) is 3. The first-order valence-electron chi connectivity index (χ1n) is 6.01. The molecule has 4 heteroatoms. The highest BCUT2D eigenvalue weighted by atomic mass is 16.4. The van der Waals surface area contributed by atoms with Crippen molar-refractivity contribution in [3.63, 3.8) is 0 Å². The summed E-state index contributed by atoms with van der Waals surface area (Å²) in [5.41, 5.74) is -0.656. The Bertz CT molecular complexity index is 199. The minimum absolute atomic E-state index is 0.262. The molecule has 0 radical (unpaired) electrons. The number of aliphatic hydroxyl groups is 1. The third-order valence-corrected chi connectivity index (χ3v) is 2.42. The number of rotatable bonds is 9. The number of likely N-dealkylation sites (N-methyl/N-ethyl adjacent to an activating group) is 1. The number of nitrogens with zero attached hydrogens (tertiary/aromatic N) is 1. The standard InChI is InChI=1S/C12H25NO3/c1-4-13(10-12(2,3)16)9-7-5-6-8-11(14)15/h16H,4-10H2,1-3H3,(H,14,15). The Morgan fingerprint density at radius 2 is 1.88 bits per heavy atom. The second kappa shape index (κ2) is 7.63. The summed E-state index contributed by atoms with van der Waals surface area (Å²) in [6.45, 7) is 8.20. The molecule has 0 aromatic heterocycles. The van der Waals surface area contributed by atoms with Crippen LogP contribution in [0.2, 0.25) is 0 Å². The van der Waals surface area contributed by atoms with Gasteiger partial charge in [-0.1, -0.05) is 13.3 Å². The summed E-state index contributed by atoms with van der Waals surface area (Å²) in [7, 11) is 0. The summed E-state index contributed by atoms with van der Waals surface area (Å²) >= 11 is 0. The molecule has 0 fully saturated rings. The van der Waals surface area contributed by atoms with Crippen molar-refractivity contribution in [3.05, 3.63) is 0 Å². The van der Waals surface area contributed by atoms with Crippen LogP contribution in [0.15, 0.2) is 0 Å². The van der Waals surface area contributed by atoms with Gasteiger partial charge in [-0.2, -0.15) is 0 Å². The highest BCUT2D eigenvalue weighted by Gasteiger charge is 2.16. The van der Waals surface area contributed by atoms with E-state index in [0.29, 0.717) is 6.54 Å². The van der Waals surface area contributed by atoms with E-state index in [1.165, 1.54) is 0 Å². The molecule has 0 spiro atoms. The molecule has 0 aliphatic rings. The largest absolute Gasteiger partial charge is 0.481 e. The number of carboxylic acid groups (broad SMARTS) is 1. The van der Waals surface area contributed by atoms with Gasteiger partial charge in [-0.15, -0.1) is 0 Å². The zero-order valence-electron chi connectivity index (χ0n) is 10.7. The Kier molecular flexibility index (Phi) is 7.34. The van der Waals surface area contributed by atoms with Crippen LogP contribution in [0.3, 0.4) is 0 Å². The predicted molar refractivity (Wildman–Crippen MR) is 64.5 cm³/mol. The summed E-state index contributed by atoms with van der Waals surface area (Å²) in [4.78, 5) is 12.5. The van der Waals surface area contributed by atoms with Gasteiger partial charge in [0.1, 0.15) is 0 Å². The van der Waals surface area contributed by atoms with E-state index in [2.05, 4.69) is 11.8 Å². The summed E-state index contributed by atoms with van der Waals surface area (Å²) in [6.07, 6.45) is 2.94. The number of unbranched alkanes of at least 4 members (excludes halogenated alkanes) is 2. The van der Waals surface area contributed by atoms with Crippen molar-refractivity contribution in [3.8, 4) is 0 Å². The summed E-state index contributed by atoms with van der Waals surface area (Å²) in [5.74, 6) is -0.719. The molecule has 16 heavy (non-hydrogen) atoms. The lowest BCUT2D eigenvalue weighted by Gasteiger charge is -2.27. The van der Waals surface area contributed by atoms with Crippen LogP contribution in [0, 0.1) is 0 Å². The Morgan fingerprint density at radius 3 is 2.31 bits per heavy atom. The molecule has 0 heterocycles. The zero-order valence-corrected chi connectivity index (χ0v) is 10.7.